The molecule has 0 aromatic carbocycles. The normalized spacial score (nSPS) is 11.9. The van der Waals surface area contributed by atoms with Crippen LogP contribution in [0.3, 0.4) is 0 Å². The molecule has 1 aromatic rings. The molecule has 0 N–H and O–H groups in total. The Morgan fingerprint density at radius 1 is 1.55 bits per heavy atom. The Hall–Kier alpha value is 0.230. The molecule has 0 saturated carbocycles. The second-order valence-corrected chi connectivity index (χ2v) is 6.36. The van der Waals surface area contributed by atoms with Gasteiger partial charge in [-0.05, 0) is 13.0 Å². The maximum atomic E-state index is 10.8. The highest BCUT2D eigenvalue weighted by molar-refractivity contribution is 8.15. The van der Waals surface area contributed by atoms with Gasteiger partial charge < -0.3 is 0 Å². The molecule has 1 rings (SSSR count). The number of aryl methyl sites for hydroxylation is 1. The topological polar surface area (TPSA) is 34.1 Å². The van der Waals surface area contributed by atoms with Crippen LogP contribution in [0.4, 0.5) is 0 Å². The van der Waals surface area contributed by atoms with Gasteiger partial charge in [-0.1, -0.05) is 11.6 Å². The summed E-state index contributed by atoms with van der Waals surface area (Å²) >= 11 is 6.65. The summed E-state index contributed by atoms with van der Waals surface area (Å²) in [7, 11) is 1.42. The molecule has 0 radical (unpaired) electrons. The van der Waals surface area contributed by atoms with Crippen molar-refractivity contribution in [3.63, 3.8) is 0 Å². The summed E-state index contributed by atoms with van der Waals surface area (Å²) in [4.78, 5) is 0.828. The summed E-state index contributed by atoms with van der Waals surface area (Å²) < 4.78 is 21.5. The molecular formula is C5H4Cl2O2S2. The molecule has 62 valence electrons. The lowest BCUT2D eigenvalue weighted by molar-refractivity contribution is 0.611. The van der Waals surface area contributed by atoms with Gasteiger partial charge >= 0.3 is 0 Å². The van der Waals surface area contributed by atoms with Crippen LogP contribution in [0.1, 0.15) is 4.88 Å². The van der Waals surface area contributed by atoms with Gasteiger partial charge in [0.05, 0.1) is 5.02 Å². The van der Waals surface area contributed by atoms with E-state index in [1.165, 1.54) is 0 Å². The predicted molar refractivity (Wildman–Crippen MR) is 47.1 cm³/mol. The van der Waals surface area contributed by atoms with Crippen molar-refractivity contribution in [3.05, 3.63) is 16.0 Å². The summed E-state index contributed by atoms with van der Waals surface area (Å²) in [6.07, 6.45) is 0. The Balaban J connectivity index is 3.36. The molecule has 0 unspecified atom stereocenters. The van der Waals surface area contributed by atoms with E-state index in [2.05, 4.69) is 0 Å². The molecule has 0 amide bonds. The molecule has 0 aliphatic heterocycles. The fourth-order valence-corrected chi connectivity index (χ4v) is 3.64. The molecule has 1 heterocycles. The second-order valence-electron chi connectivity index (χ2n) is 1.93. The van der Waals surface area contributed by atoms with Crippen LogP contribution in [0.25, 0.3) is 0 Å². The fraction of sp³-hybridized carbons (Fsp3) is 0.200. The molecule has 2 nitrogen and oxygen atoms in total. The van der Waals surface area contributed by atoms with E-state index in [9.17, 15) is 8.42 Å². The summed E-state index contributed by atoms with van der Waals surface area (Å²) in [5, 5.41) is 0.197. The number of hydrogen-bond acceptors (Lipinski definition) is 3. The van der Waals surface area contributed by atoms with Crippen molar-refractivity contribution in [2.45, 2.75) is 11.1 Å². The lowest BCUT2D eigenvalue weighted by atomic mass is 10.5. The van der Waals surface area contributed by atoms with Gasteiger partial charge in [0.25, 0.3) is 9.05 Å². The summed E-state index contributed by atoms with van der Waals surface area (Å²) in [6.45, 7) is 1.77. The third-order valence-corrected chi connectivity index (χ3v) is 4.68. The molecule has 0 atom stereocenters. The van der Waals surface area contributed by atoms with Gasteiger partial charge in [0.1, 0.15) is 0 Å². The van der Waals surface area contributed by atoms with E-state index in [1.54, 1.807) is 13.0 Å². The number of halogens is 2. The highest BCUT2D eigenvalue weighted by Crippen LogP contribution is 2.32. The van der Waals surface area contributed by atoms with Crippen molar-refractivity contribution in [2.75, 3.05) is 0 Å². The first-order valence-corrected chi connectivity index (χ1v) is 6.12. The maximum Gasteiger partial charge on any atom is 0.272 e. The number of thiophene rings is 1. The monoisotopic (exact) mass is 230 g/mol. The second kappa shape index (κ2) is 2.94. The van der Waals surface area contributed by atoms with Crippen LogP contribution in [-0.2, 0) is 9.05 Å². The van der Waals surface area contributed by atoms with Crippen LogP contribution in [0.2, 0.25) is 5.02 Å². The summed E-state index contributed by atoms with van der Waals surface area (Å²) in [5.41, 5.74) is 0. The predicted octanol–water partition coefficient (Wildman–Crippen LogP) is 2.64. The molecule has 6 heteroatoms. The average molecular weight is 231 g/mol. The van der Waals surface area contributed by atoms with E-state index in [4.69, 9.17) is 22.3 Å². The smallest absolute Gasteiger partial charge is 0.206 e. The molecule has 0 spiro atoms. The van der Waals surface area contributed by atoms with Gasteiger partial charge in [-0.25, -0.2) is 8.42 Å². The third-order valence-electron chi connectivity index (χ3n) is 1.00. The molecule has 0 aliphatic rings. The van der Waals surface area contributed by atoms with E-state index in [-0.39, 0.29) is 9.23 Å². The highest BCUT2D eigenvalue weighted by Gasteiger charge is 2.17. The maximum absolute atomic E-state index is 10.8. The average Bonchev–Trinajstić information content (AvgIpc) is 2.08. The molecule has 1 aromatic heterocycles. The first kappa shape index (κ1) is 9.32. The van der Waals surface area contributed by atoms with E-state index >= 15 is 0 Å². The van der Waals surface area contributed by atoms with Crippen LogP contribution >= 0.6 is 33.6 Å². The largest absolute Gasteiger partial charge is 0.272 e. The molecule has 0 bridgehead atoms. The van der Waals surface area contributed by atoms with Crippen molar-refractivity contribution < 1.29 is 8.42 Å². The molecule has 0 fully saturated rings. The Kier molecular flexibility index (Phi) is 2.49. The first-order valence-electron chi connectivity index (χ1n) is 2.62. The van der Waals surface area contributed by atoms with E-state index in [1.807, 2.05) is 0 Å². The van der Waals surface area contributed by atoms with Crippen LogP contribution in [0, 0.1) is 6.92 Å². The van der Waals surface area contributed by atoms with Crippen molar-refractivity contribution in [3.8, 4) is 0 Å². The zero-order valence-electron chi connectivity index (χ0n) is 5.47. The minimum Gasteiger partial charge on any atom is -0.206 e. The van der Waals surface area contributed by atoms with Gasteiger partial charge in [0, 0.05) is 15.6 Å². The summed E-state index contributed by atoms with van der Waals surface area (Å²) in [5.74, 6) is 0. The quantitative estimate of drug-likeness (QED) is 0.696. The Labute approximate surface area is 78.2 Å². The molecule has 0 saturated heterocycles. The van der Waals surface area contributed by atoms with Gasteiger partial charge in [0.2, 0.25) is 0 Å². The van der Waals surface area contributed by atoms with E-state index in [0.717, 1.165) is 16.2 Å². The van der Waals surface area contributed by atoms with Crippen LogP contribution < -0.4 is 0 Å². The fourth-order valence-electron chi connectivity index (χ4n) is 0.628. The minimum absolute atomic E-state index is 0.0262. The number of hydrogen-bond donors (Lipinski definition) is 0. The third kappa shape index (κ3) is 2.08. The van der Waals surface area contributed by atoms with Gasteiger partial charge in [-0.2, -0.15) is 0 Å². The lowest BCUT2D eigenvalue weighted by Gasteiger charge is -1.87. The van der Waals surface area contributed by atoms with Crippen LogP contribution in [0.15, 0.2) is 10.3 Å². The zero-order chi connectivity index (χ0) is 8.65. The van der Waals surface area contributed by atoms with E-state index < -0.39 is 9.05 Å². The SMILES string of the molecule is Cc1cc(Cl)c(S(=O)(=O)Cl)s1. The highest BCUT2D eigenvalue weighted by atomic mass is 35.7. The number of rotatable bonds is 1. The van der Waals surface area contributed by atoms with Crippen LogP contribution in [-0.4, -0.2) is 8.42 Å². The first-order chi connectivity index (χ1) is 4.91. The standard InChI is InChI=1S/C5H4Cl2O2S2/c1-3-2-4(6)5(10-3)11(7,8)9/h2H,1H3. The Morgan fingerprint density at radius 2 is 2.09 bits per heavy atom. The zero-order valence-corrected chi connectivity index (χ0v) is 8.61. The van der Waals surface area contributed by atoms with Crippen LogP contribution in [0.5, 0.6) is 0 Å². The van der Waals surface area contributed by atoms with Gasteiger partial charge in [-0.3, -0.25) is 0 Å². The van der Waals surface area contributed by atoms with Crippen molar-refractivity contribution in [2.24, 2.45) is 0 Å². The van der Waals surface area contributed by atoms with Crippen molar-refractivity contribution in [1.29, 1.82) is 0 Å². The summed E-state index contributed by atoms with van der Waals surface area (Å²) in [6, 6.07) is 1.57. The molecule has 11 heavy (non-hydrogen) atoms. The van der Waals surface area contributed by atoms with Crippen molar-refractivity contribution >= 4 is 42.7 Å². The Morgan fingerprint density at radius 3 is 2.27 bits per heavy atom. The lowest BCUT2D eigenvalue weighted by Crippen LogP contribution is -1.84. The Bertz CT molecular complexity index is 366. The molecule has 0 aliphatic carbocycles. The van der Waals surface area contributed by atoms with E-state index in [0.29, 0.717) is 0 Å². The van der Waals surface area contributed by atoms with Gasteiger partial charge in [-0.15, -0.1) is 11.3 Å². The van der Waals surface area contributed by atoms with Crippen molar-refractivity contribution in [1.82, 2.24) is 0 Å². The minimum atomic E-state index is -3.65. The van der Waals surface area contributed by atoms with Gasteiger partial charge in [0.15, 0.2) is 4.21 Å². The molecular weight excluding hydrogens is 227 g/mol.